The van der Waals surface area contributed by atoms with Crippen molar-refractivity contribution in [1.29, 1.82) is 0 Å². The van der Waals surface area contributed by atoms with Gasteiger partial charge < -0.3 is 9.88 Å². The van der Waals surface area contributed by atoms with Crippen LogP contribution in [0.4, 0.5) is 13.2 Å². The summed E-state index contributed by atoms with van der Waals surface area (Å²) < 4.78 is 41.7. The van der Waals surface area contributed by atoms with Crippen molar-refractivity contribution < 1.29 is 18.0 Å². The zero-order valence-electron chi connectivity index (χ0n) is 15.7. The minimum Gasteiger partial charge on any atom is -0.347 e. The second kappa shape index (κ2) is 8.02. The first-order chi connectivity index (χ1) is 13.6. The van der Waals surface area contributed by atoms with Gasteiger partial charge in [0.25, 0.3) is 5.91 Å². The summed E-state index contributed by atoms with van der Waals surface area (Å²) in [5.74, 6) is -0.632. The molecule has 0 aliphatic carbocycles. The van der Waals surface area contributed by atoms with Gasteiger partial charge >= 0.3 is 6.18 Å². The van der Waals surface area contributed by atoms with Crippen LogP contribution in [0.25, 0.3) is 10.9 Å². The summed E-state index contributed by atoms with van der Waals surface area (Å²) in [4.78, 5) is 25.6. The number of aryl methyl sites for hydroxylation is 1. The number of halogens is 4. The summed E-state index contributed by atoms with van der Waals surface area (Å²) in [7, 11) is 0. The number of amides is 1. The molecule has 8 heteroatoms. The van der Waals surface area contributed by atoms with E-state index >= 15 is 0 Å². The van der Waals surface area contributed by atoms with Gasteiger partial charge in [0.15, 0.2) is 0 Å². The summed E-state index contributed by atoms with van der Waals surface area (Å²) in [6, 6.07) is 9.93. The monoisotopic (exact) mass is 466 g/mol. The summed E-state index contributed by atoms with van der Waals surface area (Å²) in [5.41, 5.74) is -0.662. The maximum Gasteiger partial charge on any atom is 0.416 e. The van der Waals surface area contributed by atoms with E-state index in [1.807, 2.05) is 24.3 Å². The molecule has 152 valence electrons. The lowest BCUT2D eigenvalue weighted by Crippen LogP contribution is -2.32. The van der Waals surface area contributed by atoms with Crippen molar-refractivity contribution in [3.8, 4) is 0 Å². The van der Waals surface area contributed by atoms with Crippen molar-refractivity contribution in [2.45, 2.75) is 32.6 Å². The standard InChI is InChI=1S/C21H18BrF3N2O2/c1-3-27-11-17(20(29)26-12(2)13-4-7-15(22)8-5-13)19(28)16-10-14(21(23,24)25)6-9-18(16)27/h4-12H,3H2,1-2H3,(H,26,29)/t12-/m0/s1. The third-order valence-corrected chi connectivity index (χ3v) is 5.24. The Kier molecular flexibility index (Phi) is 5.84. The number of hydrogen-bond donors (Lipinski definition) is 1. The normalized spacial score (nSPS) is 12.8. The molecule has 0 saturated heterocycles. The Morgan fingerprint density at radius 3 is 2.41 bits per heavy atom. The Balaban J connectivity index is 2.03. The third kappa shape index (κ3) is 4.37. The molecule has 4 nitrogen and oxygen atoms in total. The quantitative estimate of drug-likeness (QED) is 0.567. The third-order valence-electron chi connectivity index (χ3n) is 4.71. The van der Waals surface area contributed by atoms with Crippen LogP contribution in [0.15, 0.2) is 57.9 Å². The number of pyridine rings is 1. The highest BCUT2D eigenvalue weighted by atomic mass is 79.9. The van der Waals surface area contributed by atoms with Gasteiger partial charge in [-0.1, -0.05) is 28.1 Å². The van der Waals surface area contributed by atoms with Crippen LogP contribution in [0.1, 0.15) is 41.4 Å². The van der Waals surface area contributed by atoms with Crippen molar-refractivity contribution in [3.63, 3.8) is 0 Å². The molecule has 1 aromatic heterocycles. The molecule has 0 aliphatic heterocycles. The lowest BCUT2D eigenvalue weighted by Gasteiger charge is -2.17. The van der Waals surface area contributed by atoms with Gasteiger partial charge in [0.2, 0.25) is 5.43 Å². The van der Waals surface area contributed by atoms with Gasteiger partial charge in [0.1, 0.15) is 5.56 Å². The van der Waals surface area contributed by atoms with Gasteiger partial charge in [0.05, 0.1) is 17.1 Å². The van der Waals surface area contributed by atoms with E-state index in [9.17, 15) is 22.8 Å². The number of rotatable bonds is 4. The number of benzene rings is 2. The van der Waals surface area contributed by atoms with Crippen LogP contribution >= 0.6 is 15.9 Å². The molecule has 1 amide bonds. The highest BCUT2D eigenvalue weighted by molar-refractivity contribution is 9.10. The fraction of sp³-hybridized carbons (Fsp3) is 0.238. The molecular weight excluding hydrogens is 449 g/mol. The van der Waals surface area contributed by atoms with Crippen molar-refractivity contribution in [2.24, 2.45) is 0 Å². The lowest BCUT2D eigenvalue weighted by molar-refractivity contribution is -0.137. The molecule has 29 heavy (non-hydrogen) atoms. The van der Waals surface area contributed by atoms with Crippen LogP contribution in [0, 0.1) is 0 Å². The Labute approximate surface area is 173 Å². The minimum absolute atomic E-state index is 0.134. The zero-order chi connectivity index (χ0) is 21.3. The number of nitrogens with zero attached hydrogens (tertiary/aromatic N) is 1. The molecule has 0 saturated carbocycles. The van der Waals surface area contributed by atoms with E-state index in [0.717, 1.165) is 22.2 Å². The fourth-order valence-electron chi connectivity index (χ4n) is 3.11. The number of hydrogen-bond acceptors (Lipinski definition) is 2. The molecule has 0 fully saturated rings. The van der Waals surface area contributed by atoms with Crippen LogP contribution < -0.4 is 10.7 Å². The second-order valence-corrected chi connectivity index (χ2v) is 7.55. The number of carbonyl (C=O) groups is 1. The molecule has 2 aromatic carbocycles. The van der Waals surface area contributed by atoms with Gasteiger partial charge in [-0.15, -0.1) is 0 Å². The first-order valence-corrected chi connectivity index (χ1v) is 9.72. The molecule has 1 atom stereocenters. The smallest absolute Gasteiger partial charge is 0.347 e. The minimum atomic E-state index is -4.58. The van der Waals surface area contributed by atoms with E-state index in [0.29, 0.717) is 12.1 Å². The van der Waals surface area contributed by atoms with E-state index in [1.54, 1.807) is 18.4 Å². The van der Waals surface area contributed by atoms with E-state index in [4.69, 9.17) is 0 Å². The average Bonchev–Trinajstić information content (AvgIpc) is 2.67. The predicted octanol–water partition coefficient (Wildman–Crippen LogP) is 5.29. The van der Waals surface area contributed by atoms with Crippen LogP contribution in [0.2, 0.25) is 0 Å². The van der Waals surface area contributed by atoms with E-state index in [-0.39, 0.29) is 17.0 Å². The molecule has 3 rings (SSSR count). The van der Waals surface area contributed by atoms with Crippen molar-refractivity contribution in [3.05, 3.63) is 80.0 Å². The molecule has 0 spiro atoms. The molecule has 1 N–H and O–H groups in total. The van der Waals surface area contributed by atoms with Gasteiger partial charge in [0, 0.05) is 22.6 Å². The Morgan fingerprint density at radius 2 is 1.83 bits per heavy atom. The molecule has 0 bridgehead atoms. The average molecular weight is 467 g/mol. The van der Waals surface area contributed by atoms with E-state index < -0.39 is 23.1 Å². The van der Waals surface area contributed by atoms with Crippen LogP contribution in [0.5, 0.6) is 0 Å². The first kappa shape index (κ1) is 21.1. The van der Waals surface area contributed by atoms with Crippen LogP contribution in [0.3, 0.4) is 0 Å². The Morgan fingerprint density at radius 1 is 1.17 bits per heavy atom. The number of alkyl halides is 3. The van der Waals surface area contributed by atoms with E-state index in [1.165, 1.54) is 12.3 Å². The van der Waals surface area contributed by atoms with Gasteiger partial charge in [-0.3, -0.25) is 9.59 Å². The Bertz CT molecular complexity index is 1120. The van der Waals surface area contributed by atoms with Gasteiger partial charge in [-0.25, -0.2) is 0 Å². The number of nitrogens with one attached hydrogen (secondary N) is 1. The maximum absolute atomic E-state index is 13.1. The predicted molar refractivity (Wildman–Crippen MR) is 109 cm³/mol. The topological polar surface area (TPSA) is 51.1 Å². The van der Waals surface area contributed by atoms with Crippen LogP contribution in [-0.4, -0.2) is 10.5 Å². The van der Waals surface area contributed by atoms with Gasteiger partial charge in [-0.2, -0.15) is 13.2 Å². The second-order valence-electron chi connectivity index (χ2n) is 6.63. The van der Waals surface area contributed by atoms with Gasteiger partial charge in [-0.05, 0) is 49.7 Å². The number of aromatic nitrogens is 1. The number of carbonyl (C=O) groups excluding carboxylic acids is 1. The summed E-state index contributed by atoms with van der Waals surface area (Å²) >= 11 is 3.34. The van der Waals surface area contributed by atoms with Crippen molar-refractivity contribution in [2.75, 3.05) is 0 Å². The zero-order valence-corrected chi connectivity index (χ0v) is 17.3. The lowest BCUT2D eigenvalue weighted by atomic mass is 10.1. The highest BCUT2D eigenvalue weighted by Crippen LogP contribution is 2.31. The molecule has 0 radical (unpaired) electrons. The van der Waals surface area contributed by atoms with Crippen LogP contribution in [-0.2, 0) is 12.7 Å². The summed E-state index contributed by atoms with van der Waals surface area (Å²) in [6.07, 6.45) is -3.19. The van der Waals surface area contributed by atoms with Crippen molar-refractivity contribution in [1.82, 2.24) is 9.88 Å². The maximum atomic E-state index is 13.1. The Hall–Kier alpha value is -2.61. The molecule has 0 aliphatic rings. The van der Waals surface area contributed by atoms with E-state index in [2.05, 4.69) is 21.2 Å². The van der Waals surface area contributed by atoms with Crippen molar-refractivity contribution >= 4 is 32.7 Å². The summed E-state index contributed by atoms with van der Waals surface area (Å²) in [5, 5.41) is 2.61. The molecule has 3 aromatic rings. The molecule has 0 unspecified atom stereocenters. The number of fused-ring (bicyclic) bond motifs is 1. The first-order valence-electron chi connectivity index (χ1n) is 8.92. The molecular formula is C21H18BrF3N2O2. The fourth-order valence-corrected chi connectivity index (χ4v) is 3.37. The largest absolute Gasteiger partial charge is 0.416 e. The molecule has 1 heterocycles. The highest BCUT2D eigenvalue weighted by Gasteiger charge is 2.31. The SMILES string of the molecule is CCn1cc(C(=O)N[C@@H](C)c2ccc(Br)cc2)c(=O)c2cc(C(F)(F)F)ccc21. The summed E-state index contributed by atoms with van der Waals surface area (Å²) in [6.45, 7) is 3.95.